The molecule has 2 aromatic heterocycles. The van der Waals surface area contributed by atoms with E-state index in [1.165, 1.54) is 4.90 Å². The Morgan fingerprint density at radius 1 is 1.40 bits per heavy atom. The summed E-state index contributed by atoms with van der Waals surface area (Å²) in [6.45, 7) is 8.33. The van der Waals surface area contributed by atoms with E-state index < -0.39 is 5.60 Å². The number of hydrogen-bond acceptors (Lipinski definition) is 5. The Bertz CT molecular complexity index is 717. The SMILES string of the molecule is C[C@H](CNC(=O)c1cn2cccnc2n1)CN(C)C(=O)OC(C)(C)C. The summed E-state index contributed by atoms with van der Waals surface area (Å²) in [4.78, 5) is 33.9. The second kappa shape index (κ2) is 7.50. The van der Waals surface area contributed by atoms with Crippen molar-refractivity contribution in [3.05, 3.63) is 30.4 Å². The van der Waals surface area contributed by atoms with Crippen LogP contribution in [0.5, 0.6) is 0 Å². The van der Waals surface area contributed by atoms with Crippen LogP contribution in [0.25, 0.3) is 5.78 Å². The van der Waals surface area contributed by atoms with Crippen molar-refractivity contribution in [2.24, 2.45) is 5.92 Å². The predicted molar refractivity (Wildman–Crippen MR) is 93.3 cm³/mol. The predicted octanol–water partition coefficient (Wildman–Crippen LogP) is 1.96. The minimum absolute atomic E-state index is 0.0663. The molecule has 136 valence electrons. The zero-order chi connectivity index (χ0) is 18.6. The molecule has 1 atom stereocenters. The lowest BCUT2D eigenvalue weighted by molar-refractivity contribution is 0.0277. The zero-order valence-corrected chi connectivity index (χ0v) is 15.3. The molecule has 0 bridgehead atoms. The smallest absolute Gasteiger partial charge is 0.410 e. The molecule has 8 heteroatoms. The van der Waals surface area contributed by atoms with E-state index in [1.807, 2.05) is 27.7 Å². The van der Waals surface area contributed by atoms with Gasteiger partial charge in [0.25, 0.3) is 5.91 Å². The summed E-state index contributed by atoms with van der Waals surface area (Å²) in [6.07, 6.45) is 4.66. The lowest BCUT2D eigenvalue weighted by Gasteiger charge is -2.26. The van der Waals surface area contributed by atoms with Crippen molar-refractivity contribution in [2.45, 2.75) is 33.3 Å². The monoisotopic (exact) mass is 347 g/mol. The Balaban J connectivity index is 1.83. The molecule has 0 aromatic carbocycles. The summed E-state index contributed by atoms with van der Waals surface area (Å²) in [7, 11) is 1.68. The van der Waals surface area contributed by atoms with Gasteiger partial charge in [0.2, 0.25) is 5.78 Å². The molecule has 0 aliphatic heterocycles. The van der Waals surface area contributed by atoms with E-state index in [4.69, 9.17) is 4.74 Å². The number of fused-ring (bicyclic) bond motifs is 1. The molecule has 2 aromatic rings. The van der Waals surface area contributed by atoms with Crippen LogP contribution in [0.3, 0.4) is 0 Å². The average molecular weight is 347 g/mol. The maximum Gasteiger partial charge on any atom is 0.410 e. The van der Waals surface area contributed by atoms with Crippen LogP contribution in [0.1, 0.15) is 38.2 Å². The number of carbonyl (C=O) groups excluding carboxylic acids is 2. The number of hydrogen-bond donors (Lipinski definition) is 1. The van der Waals surface area contributed by atoms with Crippen LogP contribution in [-0.4, -0.2) is 57.0 Å². The number of carbonyl (C=O) groups is 2. The molecule has 2 amide bonds. The Morgan fingerprint density at radius 2 is 2.12 bits per heavy atom. The van der Waals surface area contributed by atoms with E-state index >= 15 is 0 Å². The molecule has 0 fully saturated rings. The molecule has 1 N–H and O–H groups in total. The number of amides is 2. The van der Waals surface area contributed by atoms with Gasteiger partial charge >= 0.3 is 6.09 Å². The Kier molecular flexibility index (Phi) is 5.61. The number of nitrogens with one attached hydrogen (secondary N) is 1. The van der Waals surface area contributed by atoms with Crippen LogP contribution in [0.4, 0.5) is 4.79 Å². The first-order chi connectivity index (χ1) is 11.7. The quantitative estimate of drug-likeness (QED) is 0.893. The maximum atomic E-state index is 12.2. The third kappa shape index (κ3) is 5.44. The first-order valence-corrected chi connectivity index (χ1v) is 8.18. The van der Waals surface area contributed by atoms with Crippen molar-refractivity contribution in [3.63, 3.8) is 0 Å². The van der Waals surface area contributed by atoms with E-state index in [2.05, 4.69) is 15.3 Å². The summed E-state index contributed by atoms with van der Waals surface area (Å²) in [5, 5.41) is 2.83. The van der Waals surface area contributed by atoms with E-state index in [0.29, 0.717) is 24.6 Å². The molecule has 0 aliphatic carbocycles. The summed E-state index contributed by atoms with van der Waals surface area (Å²) < 4.78 is 7.00. The molecule has 0 unspecified atom stereocenters. The Morgan fingerprint density at radius 3 is 2.76 bits per heavy atom. The minimum atomic E-state index is -0.528. The van der Waals surface area contributed by atoms with Crippen molar-refractivity contribution in [3.8, 4) is 0 Å². The van der Waals surface area contributed by atoms with Crippen LogP contribution in [-0.2, 0) is 4.74 Å². The van der Waals surface area contributed by atoms with Crippen LogP contribution >= 0.6 is 0 Å². The van der Waals surface area contributed by atoms with Crippen LogP contribution in [0.15, 0.2) is 24.7 Å². The van der Waals surface area contributed by atoms with Gasteiger partial charge in [0.1, 0.15) is 11.3 Å². The first kappa shape index (κ1) is 18.7. The number of rotatable bonds is 5. The Hall–Kier alpha value is -2.64. The van der Waals surface area contributed by atoms with Gasteiger partial charge in [-0.1, -0.05) is 6.92 Å². The molecule has 0 saturated carbocycles. The molecule has 2 heterocycles. The fraction of sp³-hybridized carbons (Fsp3) is 0.529. The van der Waals surface area contributed by atoms with E-state index in [9.17, 15) is 9.59 Å². The normalized spacial score (nSPS) is 12.7. The highest BCUT2D eigenvalue weighted by Crippen LogP contribution is 2.10. The van der Waals surface area contributed by atoms with Crippen molar-refractivity contribution < 1.29 is 14.3 Å². The van der Waals surface area contributed by atoms with Gasteiger partial charge in [0.15, 0.2) is 0 Å². The van der Waals surface area contributed by atoms with Crippen molar-refractivity contribution in [1.82, 2.24) is 24.6 Å². The topological polar surface area (TPSA) is 88.8 Å². The molecule has 0 saturated heterocycles. The molecule has 0 spiro atoms. The summed E-state index contributed by atoms with van der Waals surface area (Å²) >= 11 is 0. The summed E-state index contributed by atoms with van der Waals surface area (Å²) in [6, 6.07) is 1.77. The minimum Gasteiger partial charge on any atom is -0.444 e. The first-order valence-electron chi connectivity index (χ1n) is 8.18. The molecule has 0 aliphatic rings. The van der Waals surface area contributed by atoms with Gasteiger partial charge < -0.3 is 15.0 Å². The molecular weight excluding hydrogens is 322 g/mol. The number of imidazole rings is 1. The van der Waals surface area contributed by atoms with Gasteiger partial charge in [0.05, 0.1) is 0 Å². The number of nitrogens with zero attached hydrogens (tertiary/aromatic N) is 4. The van der Waals surface area contributed by atoms with Crippen molar-refractivity contribution in [2.75, 3.05) is 20.1 Å². The molecule has 0 radical (unpaired) electrons. The van der Waals surface area contributed by atoms with Crippen molar-refractivity contribution in [1.29, 1.82) is 0 Å². The second-order valence-electron chi connectivity index (χ2n) is 7.13. The number of aromatic nitrogens is 3. The standard InChI is InChI=1S/C17H25N5O3/c1-12(10-21(5)16(24)25-17(2,3)4)9-19-14(23)13-11-22-8-6-7-18-15(22)20-13/h6-8,11-12H,9-10H2,1-5H3,(H,19,23)/t12-/m1/s1. The highest BCUT2D eigenvalue weighted by Gasteiger charge is 2.21. The average Bonchev–Trinajstić information content (AvgIpc) is 2.95. The van der Waals surface area contributed by atoms with Crippen LogP contribution < -0.4 is 5.32 Å². The van der Waals surface area contributed by atoms with Gasteiger partial charge in [-0.3, -0.25) is 9.20 Å². The maximum absolute atomic E-state index is 12.2. The summed E-state index contributed by atoms with van der Waals surface area (Å²) in [5.74, 6) is 0.277. The third-order valence-electron chi connectivity index (χ3n) is 3.37. The van der Waals surface area contributed by atoms with Crippen LogP contribution in [0, 0.1) is 5.92 Å². The van der Waals surface area contributed by atoms with Gasteiger partial charge in [-0.05, 0) is 32.8 Å². The van der Waals surface area contributed by atoms with Gasteiger partial charge in [-0.15, -0.1) is 0 Å². The van der Waals surface area contributed by atoms with Gasteiger partial charge in [0, 0.05) is 38.7 Å². The van der Waals surface area contributed by atoms with Crippen LogP contribution in [0.2, 0.25) is 0 Å². The van der Waals surface area contributed by atoms with E-state index in [1.54, 1.807) is 36.1 Å². The third-order valence-corrected chi connectivity index (χ3v) is 3.37. The second-order valence-corrected chi connectivity index (χ2v) is 7.13. The molecule has 8 nitrogen and oxygen atoms in total. The van der Waals surface area contributed by atoms with Gasteiger partial charge in [-0.25, -0.2) is 14.8 Å². The lowest BCUT2D eigenvalue weighted by Crippen LogP contribution is -2.39. The highest BCUT2D eigenvalue weighted by atomic mass is 16.6. The number of ether oxygens (including phenoxy) is 1. The largest absolute Gasteiger partial charge is 0.444 e. The fourth-order valence-corrected chi connectivity index (χ4v) is 2.24. The summed E-state index contributed by atoms with van der Waals surface area (Å²) in [5.41, 5.74) is -0.216. The van der Waals surface area contributed by atoms with E-state index in [-0.39, 0.29) is 17.9 Å². The Labute approximate surface area is 147 Å². The lowest BCUT2D eigenvalue weighted by atomic mass is 10.1. The highest BCUT2D eigenvalue weighted by molar-refractivity contribution is 5.92. The van der Waals surface area contributed by atoms with Gasteiger partial charge in [-0.2, -0.15) is 0 Å². The van der Waals surface area contributed by atoms with E-state index in [0.717, 1.165) is 0 Å². The van der Waals surface area contributed by atoms with Crippen molar-refractivity contribution >= 4 is 17.8 Å². The molecule has 25 heavy (non-hydrogen) atoms. The molecule has 2 rings (SSSR count). The zero-order valence-electron chi connectivity index (χ0n) is 15.3. The fourth-order valence-electron chi connectivity index (χ4n) is 2.24. The molecular formula is C17H25N5O3.